The van der Waals surface area contributed by atoms with Crippen LogP contribution in [0.3, 0.4) is 0 Å². The van der Waals surface area contributed by atoms with Crippen LogP contribution in [0.2, 0.25) is 0 Å². The molecule has 2 amide bonds. The summed E-state index contributed by atoms with van der Waals surface area (Å²) in [7, 11) is 4.75. The maximum absolute atomic E-state index is 13.0. The molecule has 0 saturated heterocycles. The number of ether oxygens (including phenoxy) is 3. The first kappa shape index (κ1) is 23.2. The maximum Gasteiger partial charge on any atom is 0.346 e. The molecule has 180 valence electrons. The molecule has 0 atom stereocenters. The number of carbonyl (C=O) groups is 1. The number of nitrogens with one attached hydrogen (secondary N) is 2. The van der Waals surface area contributed by atoms with Crippen LogP contribution in [-0.4, -0.2) is 48.3 Å². The molecule has 3 aromatic rings. The van der Waals surface area contributed by atoms with Crippen LogP contribution in [0.15, 0.2) is 47.3 Å². The summed E-state index contributed by atoms with van der Waals surface area (Å²) in [6, 6.07) is 12.8. The van der Waals surface area contributed by atoms with Gasteiger partial charge >= 0.3 is 11.7 Å². The molecular formula is C24H29N5O5. The normalized spacial score (nSPS) is 12.8. The highest BCUT2D eigenvalue weighted by Crippen LogP contribution is 2.36. The van der Waals surface area contributed by atoms with Crippen LogP contribution < -0.4 is 30.5 Å². The van der Waals surface area contributed by atoms with Crippen LogP contribution in [0.25, 0.3) is 11.4 Å². The zero-order valence-corrected chi connectivity index (χ0v) is 19.5. The molecular weight excluding hydrogens is 438 g/mol. The van der Waals surface area contributed by atoms with Gasteiger partial charge in [0.25, 0.3) is 0 Å². The Morgan fingerprint density at radius 2 is 1.74 bits per heavy atom. The maximum atomic E-state index is 13.0. The van der Waals surface area contributed by atoms with E-state index >= 15 is 0 Å². The van der Waals surface area contributed by atoms with Crippen molar-refractivity contribution in [2.75, 3.05) is 27.9 Å². The fraction of sp³-hybridized carbons (Fsp3) is 0.375. The molecule has 1 fully saturated rings. The van der Waals surface area contributed by atoms with Crippen molar-refractivity contribution in [1.82, 2.24) is 25.0 Å². The van der Waals surface area contributed by atoms with Crippen LogP contribution >= 0.6 is 0 Å². The highest BCUT2D eigenvalue weighted by atomic mass is 16.5. The number of urea groups is 1. The third-order valence-electron chi connectivity index (χ3n) is 5.64. The van der Waals surface area contributed by atoms with Crippen LogP contribution in [0, 0.1) is 0 Å². The van der Waals surface area contributed by atoms with Gasteiger partial charge in [-0.1, -0.05) is 6.07 Å². The third-order valence-corrected chi connectivity index (χ3v) is 5.64. The number of aromatic nitrogens is 3. The van der Waals surface area contributed by atoms with Crippen molar-refractivity contribution in [3.05, 3.63) is 58.5 Å². The molecule has 0 unspecified atom stereocenters. The van der Waals surface area contributed by atoms with Crippen molar-refractivity contribution < 1.29 is 19.0 Å². The average Bonchev–Trinajstić information content (AvgIpc) is 3.65. The standard InChI is InChI=1S/C24H29N5O5/c1-32-19-9-5-17(6-10-19)22-27-28(24(31)29(22)18-7-8-18)13-12-25-23(30)26-15-16-4-11-20(33-2)21(14-16)34-3/h4-6,9-11,14,18H,7-8,12-13,15H2,1-3H3,(H2,25,26,30). The summed E-state index contributed by atoms with van der Waals surface area (Å²) in [4.78, 5) is 25.2. The van der Waals surface area contributed by atoms with E-state index in [1.807, 2.05) is 36.4 Å². The zero-order chi connectivity index (χ0) is 24.1. The number of rotatable bonds is 10. The number of nitrogens with zero attached hydrogens (tertiary/aromatic N) is 3. The summed E-state index contributed by atoms with van der Waals surface area (Å²) < 4.78 is 18.9. The van der Waals surface area contributed by atoms with Crippen molar-refractivity contribution in [2.45, 2.75) is 32.0 Å². The summed E-state index contributed by atoms with van der Waals surface area (Å²) in [6.07, 6.45) is 1.93. The summed E-state index contributed by atoms with van der Waals surface area (Å²) in [6.45, 7) is 0.858. The van der Waals surface area contributed by atoms with Crippen LogP contribution in [0.4, 0.5) is 4.79 Å². The molecule has 1 aromatic heterocycles. The molecule has 0 radical (unpaired) electrons. The van der Waals surface area contributed by atoms with E-state index in [2.05, 4.69) is 15.7 Å². The van der Waals surface area contributed by atoms with Gasteiger partial charge in [0, 0.05) is 24.7 Å². The topological polar surface area (TPSA) is 109 Å². The minimum Gasteiger partial charge on any atom is -0.497 e. The second kappa shape index (κ2) is 10.3. The molecule has 34 heavy (non-hydrogen) atoms. The van der Waals surface area contributed by atoms with E-state index in [1.54, 1.807) is 32.0 Å². The molecule has 1 aliphatic rings. The molecule has 0 bridgehead atoms. The Bertz CT molecular complexity index is 1200. The Morgan fingerprint density at radius 3 is 2.38 bits per heavy atom. The van der Waals surface area contributed by atoms with Gasteiger partial charge in [0.2, 0.25) is 0 Å². The zero-order valence-electron chi connectivity index (χ0n) is 19.5. The van der Waals surface area contributed by atoms with E-state index in [-0.39, 0.29) is 30.9 Å². The summed E-state index contributed by atoms with van der Waals surface area (Å²) in [5.41, 5.74) is 1.56. The lowest BCUT2D eigenvalue weighted by molar-refractivity contribution is 0.240. The van der Waals surface area contributed by atoms with E-state index < -0.39 is 0 Å². The van der Waals surface area contributed by atoms with E-state index in [4.69, 9.17) is 14.2 Å². The van der Waals surface area contributed by atoms with Gasteiger partial charge in [-0.2, -0.15) is 0 Å². The monoisotopic (exact) mass is 467 g/mol. The first-order valence-corrected chi connectivity index (χ1v) is 11.1. The Balaban J connectivity index is 1.35. The van der Waals surface area contributed by atoms with Crippen molar-refractivity contribution in [1.29, 1.82) is 0 Å². The quantitative estimate of drug-likeness (QED) is 0.474. The average molecular weight is 468 g/mol. The number of amides is 2. The number of benzene rings is 2. The fourth-order valence-electron chi connectivity index (χ4n) is 3.68. The van der Waals surface area contributed by atoms with Gasteiger partial charge in [0.15, 0.2) is 17.3 Å². The van der Waals surface area contributed by atoms with Gasteiger partial charge in [0.1, 0.15) is 5.75 Å². The Labute approximate surface area is 197 Å². The van der Waals surface area contributed by atoms with E-state index in [0.717, 1.165) is 29.7 Å². The Hall–Kier alpha value is -3.95. The van der Waals surface area contributed by atoms with Crippen molar-refractivity contribution in [2.24, 2.45) is 0 Å². The highest BCUT2D eigenvalue weighted by molar-refractivity contribution is 5.73. The number of methoxy groups -OCH3 is 3. The van der Waals surface area contributed by atoms with Crippen molar-refractivity contribution in [3.8, 4) is 28.6 Å². The second-order valence-electron chi connectivity index (χ2n) is 7.96. The van der Waals surface area contributed by atoms with Gasteiger partial charge in [-0.15, -0.1) is 5.10 Å². The summed E-state index contributed by atoms with van der Waals surface area (Å²) in [5.74, 6) is 2.60. The van der Waals surface area contributed by atoms with Gasteiger partial charge in [-0.05, 0) is 54.8 Å². The Morgan fingerprint density at radius 1 is 1.00 bits per heavy atom. The Kier molecular flexibility index (Phi) is 7.05. The lowest BCUT2D eigenvalue weighted by atomic mass is 10.2. The minimum absolute atomic E-state index is 0.166. The van der Waals surface area contributed by atoms with Gasteiger partial charge in [0.05, 0.1) is 27.9 Å². The lowest BCUT2D eigenvalue weighted by Gasteiger charge is -2.11. The molecule has 2 N–H and O–H groups in total. The summed E-state index contributed by atoms with van der Waals surface area (Å²) >= 11 is 0. The molecule has 1 aliphatic carbocycles. The van der Waals surface area contributed by atoms with Gasteiger partial charge in [-0.25, -0.2) is 14.3 Å². The third kappa shape index (κ3) is 5.16. The molecule has 2 aromatic carbocycles. The highest BCUT2D eigenvalue weighted by Gasteiger charge is 2.30. The fourth-order valence-corrected chi connectivity index (χ4v) is 3.68. The first-order valence-electron chi connectivity index (χ1n) is 11.1. The van der Waals surface area contributed by atoms with Crippen LogP contribution in [0.5, 0.6) is 17.2 Å². The van der Waals surface area contributed by atoms with Crippen LogP contribution in [0.1, 0.15) is 24.4 Å². The molecule has 0 spiro atoms. The van der Waals surface area contributed by atoms with E-state index in [1.165, 1.54) is 4.68 Å². The van der Waals surface area contributed by atoms with E-state index in [0.29, 0.717) is 23.9 Å². The molecule has 10 nitrogen and oxygen atoms in total. The largest absolute Gasteiger partial charge is 0.497 e. The summed E-state index contributed by atoms with van der Waals surface area (Å²) in [5, 5.41) is 10.1. The van der Waals surface area contributed by atoms with E-state index in [9.17, 15) is 9.59 Å². The predicted molar refractivity (Wildman–Crippen MR) is 127 cm³/mol. The lowest BCUT2D eigenvalue weighted by Crippen LogP contribution is -2.38. The molecule has 4 rings (SSSR count). The first-order chi connectivity index (χ1) is 16.5. The molecule has 10 heteroatoms. The van der Waals surface area contributed by atoms with Crippen molar-refractivity contribution in [3.63, 3.8) is 0 Å². The number of carbonyl (C=O) groups excluding carboxylic acids is 1. The second-order valence-corrected chi connectivity index (χ2v) is 7.96. The van der Waals surface area contributed by atoms with Gasteiger partial charge < -0.3 is 24.8 Å². The molecule has 0 aliphatic heterocycles. The smallest absolute Gasteiger partial charge is 0.346 e. The minimum atomic E-state index is -0.333. The molecule has 1 heterocycles. The van der Waals surface area contributed by atoms with Gasteiger partial charge in [-0.3, -0.25) is 4.57 Å². The SMILES string of the molecule is COc1ccc(-c2nn(CCNC(=O)NCc3ccc(OC)c(OC)c3)c(=O)n2C2CC2)cc1. The molecule has 1 saturated carbocycles. The number of hydrogen-bond donors (Lipinski definition) is 2. The van der Waals surface area contributed by atoms with Crippen molar-refractivity contribution >= 4 is 6.03 Å². The van der Waals surface area contributed by atoms with Crippen LogP contribution in [-0.2, 0) is 13.1 Å². The number of hydrogen-bond acceptors (Lipinski definition) is 6. The predicted octanol–water partition coefficient (Wildman–Crippen LogP) is 2.57.